The number of aliphatic hydroxyl groups is 1. The van der Waals surface area contributed by atoms with Crippen LogP contribution in [0.3, 0.4) is 0 Å². The number of aliphatic hydroxyl groups excluding tert-OH is 1. The summed E-state index contributed by atoms with van der Waals surface area (Å²) in [6.07, 6.45) is 6.34. The van der Waals surface area contributed by atoms with Crippen LogP contribution in [-0.4, -0.2) is 56.5 Å². The highest BCUT2D eigenvalue weighted by Crippen LogP contribution is 2.24. The molecule has 2 atom stereocenters. The Hall–Kier alpha value is -1.18. The summed E-state index contributed by atoms with van der Waals surface area (Å²) in [7, 11) is 0. The molecule has 25 heavy (non-hydrogen) atoms. The molecule has 0 spiro atoms. The first kappa shape index (κ1) is 20.1. The van der Waals surface area contributed by atoms with E-state index in [-0.39, 0.29) is 0 Å². The van der Waals surface area contributed by atoms with Crippen molar-refractivity contribution in [2.24, 2.45) is 0 Å². The van der Waals surface area contributed by atoms with Gasteiger partial charge in [0.05, 0.1) is 17.2 Å². The Kier molecular flexibility index (Phi) is 7.22. The fourth-order valence-corrected chi connectivity index (χ4v) is 4.26. The molecule has 2 rings (SSSR count). The highest BCUT2D eigenvalue weighted by molar-refractivity contribution is 7.09. The molecule has 0 aliphatic heterocycles. The Morgan fingerprint density at radius 3 is 2.60 bits per heavy atom. The van der Waals surface area contributed by atoms with Crippen molar-refractivity contribution in [2.45, 2.75) is 83.0 Å². The quantitative estimate of drug-likeness (QED) is 0.687. The molecule has 1 fully saturated rings. The molecule has 0 aromatic carbocycles. The Morgan fingerprint density at radius 2 is 2.08 bits per heavy atom. The average Bonchev–Trinajstić information content (AvgIpc) is 3.04. The second-order valence-corrected chi connectivity index (χ2v) is 8.81. The van der Waals surface area contributed by atoms with E-state index in [9.17, 15) is 15.0 Å². The molecule has 3 N–H and O–H groups in total. The molecule has 0 bridgehead atoms. The van der Waals surface area contributed by atoms with Gasteiger partial charge in [-0.05, 0) is 33.6 Å². The number of nitrogens with zero attached hydrogens (tertiary/aromatic N) is 2. The van der Waals surface area contributed by atoms with Crippen molar-refractivity contribution in [3.8, 4) is 0 Å². The standard InChI is InChI=1S/C18H31N3O3S/c1-18(2,3)21(17(23)24)14(11-16-19-9-10-25-16)15(22)12-20-13-7-5-4-6-8-13/h9-10,13-15,20,22H,4-8,11-12H2,1-3H3,(H,23,24)/t14-,15-/m0/s1. The molecule has 0 radical (unpaired) electrons. The number of aromatic nitrogens is 1. The van der Waals surface area contributed by atoms with Crippen LogP contribution >= 0.6 is 11.3 Å². The lowest BCUT2D eigenvalue weighted by Crippen LogP contribution is -2.58. The van der Waals surface area contributed by atoms with Crippen LogP contribution in [0.2, 0.25) is 0 Å². The zero-order valence-electron chi connectivity index (χ0n) is 15.4. The number of carbonyl (C=O) groups is 1. The third kappa shape index (κ3) is 5.94. The minimum absolute atomic E-state index is 0.403. The second-order valence-electron chi connectivity index (χ2n) is 7.83. The van der Waals surface area contributed by atoms with Crippen molar-refractivity contribution in [1.29, 1.82) is 0 Å². The van der Waals surface area contributed by atoms with Gasteiger partial charge in [0.2, 0.25) is 0 Å². The van der Waals surface area contributed by atoms with E-state index in [1.807, 2.05) is 26.2 Å². The van der Waals surface area contributed by atoms with Gasteiger partial charge < -0.3 is 15.5 Å². The van der Waals surface area contributed by atoms with Crippen LogP contribution in [0, 0.1) is 0 Å². The summed E-state index contributed by atoms with van der Waals surface area (Å²) in [6.45, 7) is 5.98. The van der Waals surface area contributed by atoms with Gasteiger partial charge in [-0.1, -0.05) is 19.3 Å². The molecule has 1 aliphatic carbocycles. The molecule has 1 aromatic rings. The van der Waals surface area contributed by atoms with Crippen molar-refractivity contribution in [3.63, 3.8) is 0 Å². The third-order valence-corrected chi connectivity index (χ3v) is 5.59. The molecule has 7 heteroatoms. The molecule has 142 valence electrons. The maximum Gasteiger partial charge on any atom is 0.408 e. The summed E-state index contributed by atoms with van der Waals surface area (Å²) in [5.41, 5.74) is -0.598. The normalized spacial score (nSPS) is 18.7. The summed E-state index contributed by atoms with van der Waals surface area (Å²) >= 11 is 1.49. The van der Waals surface area contributed by atoms with Crippen LogP contribution in [-0.2, 0) is 6.42 Å². The Bertz CT molecular complexity index is 524. The molecule has 1 heterocycles. The molecule has 0 unspecified atom stereocenters. The Labute approximate surface area is 154 Å². The molecular weight excluding hydrogens is 338 g/mol. The molecule has 1 saturated carbocycles. The van der Waals surface area contributed by atoms with E-state index in [1.54, 1.807) is 6.20 Å². The summed E-state index contributed by atoms with van der Waals surface area (Å²) in [4.78, 5) is 17.6. The van der Waals surface area contributed by atoms with Crippen molar-refractivity contribution in [3.05, 3.63) is 16.6 Å². The smallest absolute Gasteiger partial charge is 0.408 e. The number of rotatable bonds is 7. The fraction of sp³-hybridized carbons (Fsp3) is 0.778. The third-order valence-electron chi connectivity index (χ3n) is 4.79. The van der Waals surface area contributed by atoms with Gasteiger partial charge in [0.25, 0.3) is 0 Å². The van der Waals surface area contributed by atoms with Gasteiger partial charge in [-0.2, -0.15) is 0 Å². The first-order valence-electron chi connectivity index (χ1n) is 9.11. The van der Waals surface area contributed by atoms with Crippen LogP contribution in [0.25, 0.3) is 0 Å². The van der Waals surface area contributed by atoms with Crippen molar-refractivity contribution >= 4 is 17.4 Å². The molecule has 1 aliphatic rings. The van der Waals surface area contributed by atoms with Gasteiger partial charge in [0.15, 0.2) is 0 Å². The van der Waals surface area contributed by atoms with E-state index in [0.717, 1.165) is 17.8 Å². The zero-order valence-corrected chi connectivity index (χ0v) is 16.3. The van der Waals surface area contributed by atoms with E-state index < -0.39 is 23.8 Å². The molecule has 0 saturated heterocycles. The number of hydrogen-bond donors (Lipinski definition) is 3. The maximum atomic E-state index is 11.9. The molecule has 6 nitrogen and oxygen atoms in total. The maximum absolute atomic E-state index is 11.9. The lowest BCUT2D eigenvalue weighted by atomic mass is 9.94. The monoisotopic (exact) mass is 369 g/mol. The van der Waals surface area contributed by atoms with E-state index in [2.05, 4.69) is 10.3 Å². The Balaban J connectivity index is 2.09. The van der Waals surface area contributed by atoms with Gasteiger partial charge in [-0.15, -0.1) is 11.3 Å². The number of amides is 1. The number of nitrogens with one attached hydrogen (secondary N) is 1. The first-order valence-corrected chi connectivity index (χ1v) is 9.99. The number of hydrogen-bond acceptors (Lipinski definition) is 5. The van der Waals surface area contributed by atoms with Gasteiger partial charge in [0.1, 0.15) is 0 Å². The van der Waals surface area contributed by atoms with E-state index in [1.165, 1.54) is 35.5 Å². The Morgan fingerprint density at radius 1 is 1.40 bits per heavy atom. The van der Waals surface area contributed by atoms with Crippen LogP contribution < -0.4 is 5.32 Å². The summed E-state index contributed by atoms with van der Waals surface area (Å²) in [5.74, 6) is 0. The first-order chi connectivity index (χ1) is 11.8. The van der Waals surface area contributed by atoms with Crippen molar-refractivity contribution < 1.29 is 15.0 Å². The van der Waals surface area contributed by atoms with Crippen LogP contribution in [0.5, 0.6) is 0 Å². The summed E-state index contributed by atoms with van der Waals surface area (Å²) in [5, 5.41) is 26.7. The largest absolute Gasteiger partial charge is 0.465 e. The molecular formula is C18H31N3O3S. The van der Waals surface area contributed by atoms with Crippen LogP contribution in [0.15, 0.2) is 11.6 Å². The van der Waals surface area contributed by atoms with Gasteiger partial charge in [-0.3, -0.25) is 4.90 Å². The average molecular weight is 370 g/mol. The highest BCUT2D eigenvalue weighted by Gasteiger charge is 2.37. The lowest BCUT2D eigenvalue weighted by Gasteiger charge is -2.41. The fourth-order valence-electron chi connectivity index (χ4n) is 3.59. The summed E-state index contributed by atoms with van der Waals surface area (Å²) < 4.78 is 0. The minimum Gasteiger partial charge on any atom is -0.465 e. The molecule has 1 amide bonds. The van der Waals surface area contributed by atoms with Crippen LogP contribution in [0.4, 0.5) is 4.79 Å². The van der Waals surface area contributed by atoms with Crippen molar-refractivity contribution in [1.82, 2.24) is 15.2 Å². The minimum atomic E-state index is -1.01. The zero-order chi connectivity index (χ0) is 18.4. The predicted molar refractivity (Wildman–Crippen MR) is 100 cm³/mol. The van der Waals surface area contributed by atoms with Crippen molar-refractivity contribution in [2.75, 3.05) is 6.54 Å². The lowest BCUT2D eigenvalue weighted by molar-refractivity contribution is 0.00647. The number of thiazole rings is 1. The van der Waals surface area contributed by atoms with E-state index in [4.69, 9.17) is 0 Å². The second kappa shape index (κ2) is 8.96. The van der Waals surface area contributed by atoms with Gasteiger partial charge >= 0.3 is 6.09 Å². The van der Waals surface area contributed by atoms with E-state index >= 15 is 0 Å². The highest BCUT2D eigenvalue weighted by atomic mass is 32.1. The van der Waals surface area contributed by atoms with Gasteiger partial charge in [0, 0.05) is 36.1 Å². The SMILES string of the molecule is CC(C)(C)N(C(=O)O)[C@@H](Cc1nccs1)[C@@H](O)CNC1CCCCC1. The number of carboxylic acid groups (broad SMARTS) is 1. The van der Waals surface area contributed by atoms with E-state index in [0.29, 0.717) is 19.0 Å². The summed E-state index contributed by atoms with van der Waals surface area (Å²) in [6, 6.07) is -0.100. The van der Waals surface area contributed by atoms with Gasteiger partial charge in [-0.25, -0.2) is 9.78 Å². The topological polar surface area (TPSA) is 85.7 Å². The van der Waals surface area contributed by atoms with Crippen LogP contribution in [0.1, 0.15) is 57.9 Å². The molecule has 1 aromatic heterocycles. The predicted octanol–water partition coefficient (Wildman–Crippen LogP) is 3.12.